The highest BCUT2D eigenvalue weighted by Crippen LogP contribution is 1.96. The molecule has 4 heteroatoms. The van der Waals surface area contributed by atoms with Gasteiger partial charge in [-0.1, -0.05) is 6.07 Å². The molecule has 2 aromatic heterocycles. The Morgan fingerprint density at radius 3 is 2.88 bits per heavy atom. The van der Waals surface area contributed by atoms with E-state index in [1.54, 1.807) is 18.7 Å². The lowest BCUT2D eigenvalue weighted by atomic mass is 10.2. The van der Waals surface area contributed by atoms with Crippen LogP contribution in [-0.4, -0.2) is 21.5 Å². The summed E-state index contributed by atoms with van der Waals surface area (Å²) in [5, 5.41) is 3.33. The molecule has 16 heavy (non-hydrogen) atoms. The molecule has 0 atom stereocenters. The molecule has 1 N–H and O–H groups in total. The average Bonchev–Trinajstić information content (AvgIpc) is 2.37. The Kier molecular flexibility index (Phi) is 3.96. The van der Waals surface area contributed by atoms with E-state index in [0.29, 0.717) is 0 Å². The average molecular weight is 214 g/mol. The Balaban J connectivity index is 1.70. The van der Waals surface area contributed by atoms with E-state index in [1.165, 1.54) is 5.56 Å². The summed E-state index contributed by atoms with van der Waals surface area (Å²) in [5.41, 5.74) is 2.26. The van der Waals surface area contributed by atoms with Crippen LogP contribution < -0.4 is 5.32 Å². The highest BCUT2D eigenvalue weighted by molar-refractivity contribution is 5.08. The van der Waals surface area contributed by atoms with Crippen molar-refractivity contribution in [1.82, 2.24) is 20.3 Å². The summed E-state index contributed by atoms with van der Waals surface area (Å²) in [6, 6.07) is 5.95. The molecule has 2 aromatic rings. The Hall–Kier alpha value is -1.81. The maximum Gasteiger partial charge on any atom is 0.115 e. The third-order valence-electron chi connectivity index (χ3n) is 2.26. The third kappa shape index (κ3) is 3.40. The molecular formula is C12H14N4. The van der Waals surface area contributed by atoms with Gasteiger partial charge >= 0.3 is 0 Å². The van der Waals surface area contributed by atoms with Crippen LogP contribution >= 0.6 is 0 Å². The van der Waals surface area contributed by atoms with Gasteiger partial charge in [-0.2, -0.15) is 0 Å². The van der Waals surface area contributed by atoms with Crippen molar-refractivity contribution in [2.75, 3.05) is 6.54 Å². The Morgan fingerprint density at radius 1 is 1.12 bits per heavy atom. The summed E-state index contributed by atoms with van der Waals surface area (Å²) in [6.07, 6.45) is 7.99. The summed E-state index contributed by atoms with van der Waals surface area (Å²) in [7, 11) is 0. The summed E-state index contributed by atoms with van der Waals surface area (Å²) in [6.45, 7) is 1.71. The number of rotatable bonds is 5. The van der Waals surface area contributed by atoms with Crippen LogP contribution in [0.3, 0.4) is 0 Å². The number of hydrogen-bond donors (Lipinski definition) is 1. The summed E-state index contributed by atoms with van der Waals surface area (Å²) < 4.78 is 0. The van der Waals surface area contributed by atoms with Gasteiger partial charge in [-0.05, 0) is 30.7 Å². The zero-order chi connectivity index (χ0) is 11.1. The van der Waals surface area contributed by atoms with Gasteiger partial charge in [0.05, 0.1) is 5.69 Å². The normalized spacial score (nSPS) is 10.2. The Labute approximate surface area is 94.8 Å². The molecule has 2 heterocycles. The smallest absolute Gasteiger partial charge is 0.115 e. The van der Waals surface area contributed by atoms with Crippen LogP contribution in [0.1, 0.15) is 11.3 Å². The maximum absolute atomic E-state index is 4.14. The first kappa shape index (κ1) is 10.7. The van der Waals surface area contributed by atoms with Gasteiger partial charge in [0.25, 0.3) is 0 Å². The van der Waals surface area contributed by atoms with Crippen molar-refractivity contribution in [2.24, 2.45) is 0 Å². The van der Waals surface area contributed by atoms with E-state index >= 15 is 0 Å². The third-order valence-corrected chi connectivity index (χ3v) is 2.26. The molecule has 0 fully saturated rings. The number of nitrogens with one attached hydrogen (secondary N) is 1. The van der Waals surface area contributed by atoms with Crippen molar-refractivity contribution in [2.45, 2.75) is 13.0 Å². The van der Waals surface area contributed by atoms with Gasteiger partial charge in [-0.3, -0.25) is 4.98 Å². The number of pyridine rings is 1. The van der Waals surface area contributed by atoms with Crippen molar-refractivity contribution in [3.8, 4) is 0 Å². The van der Waals surface area contributed by atoms with Crippen LogP contribution in [0.5, 0.6) is 0 Å². The minimum Gasteiger partial charge on any atom is -0.311 e. The van der Waals surface area contributed by atoms with Gasteiger partial charge in [0, 0.05) is 25.1 Å². The zero-order valence-electron chi connectivity index (χ0n) is 9.00. The SMILES string of the molecule is c1cncc(CCNCc2ccncn2)c1. The molecule has 0 aliphatic heterocycles. The van der Waals surface area contributed by atoms with E-state index in [1.807, 2.05) is 18.3 Å². The second kappa shape index (κ2) is 5.92. The molecule has 0 aliphatic carbocycles. The molecule has 0 spiro atoms. The Morgan fingerprint density at radius 2 is 2.12 bits per heavy atom. The fraction of sp³-hybridized carbons (Fsp3) is 0.250. The molecule has 0 amide bonds. The van der Waals surface area contributed by atoms with Crippen molar-refractivity contribution in [1.29, 1.82) is 0 Å². The van der Waals surface area contributed by atoms with E-state index in [-0.39, 0.29) is 0 Å². The predicted octanol–water partition coefficient (Wildman–Crippen LogP) is 1.20. The van der Waals surface area contributed by atoms with Crippen LogP contribution in [0, 0.1) is 0 Å². The van der Waals surface area contributed by atoms with Gasteiger partial charge in [0.2, 0.25) is 0 Å². The van der Waals surface area contributed by atoms with Crippen molar-refractivity contribution >= 4 is 0 Å². The lowest BCUT2D eigenvalue weighted by molar-refractivity contribution is 0.672. The summed E-state index contributed by atoms with van der Waals surface area (Å²) in [4.78, 5) is 12.1. The molecule has 0 saturated heterocycles. The van der Waals surface area contributed by atoms with Crippen molar-refractivity contribution < 1.29 is 0 Å². The monoisotopic (exact) mass is 214 g/mol. The molecule has 0 radical (unpaired) electrons. The first-order valence-corrected chi connectivity index (χ1v) is 5.29. The van der Waals surface area contributed by atoms with Crippen molar-refractivity contribution in [3.05, 3.63) is 54.4 Å². The summed E-state index contributed by atoms with van der Waals surface area (Å²) >= 11 is 0. The van der Waals surface area contributed by atoms with Crippen LogP contribution in [0.15, 0.2) is 43.1 Å². The fourth-order valence-corrected chi connectivity index (χ4v) is 1.42. The molecule has 0 bridgehead atoms. The van der Waals surface area contributed by atoms with E-state index < -0.39 is 0 Å². The number of aromatic nitrogens is 3. The van der Waals surface area contributed by atoms with E-state index in [4.69, 9.17) is 0 Å². The lowest BCUT2D eigenvalue weighted by Crippen LogP contribution is -2.17. The summed E-state index contributed by atoms with van der Waals surface area (Å²) in [5.74, 6) is 0. The first-order valence-electron chi connectivity index (χ1n) is 5.29. The fourth-order valence-electron chi connectivity index (χ4n) is 1.42. The van der Waals surface area contributed by atoms with E-state index in [9.17, 15) is 0 Å². The Bertz CT molecular complexity index is 360. The number of nitrogens with zero attached hydrogens (tertiary/aromatic N) is 3. The quantitative estimate of drug-likeness (QED) is 0.760. The van der Waals surface area contributed by atoms with Crippen LogP contribution in [-0.2, 0) is 13.0 Å². The lowest BCUT2D eigenvalue weighted by Gasteiger charge is -2.03. The largest absolute Gasteiger partial charge is 0.311 e. The predicted molar refractivity (Wildman–Crippen MR) is 61.7 cm³/mol. The maximum atomic E-state index is 4.14. The molecule has 4 nitrogen and oxygen atoms in total. The molecule has 0 aromatic carbocycles. The van der Waals surface area contributed by atoms with Crippen LogP contribution in [0.4, 0.5) is 0 Å². The highest BCUT2D eigenvalue weighted by atomic mass is 14.9. The van der Waals surface area contributed by atoms with Gasteiger partial charge in [-0.25, -0.2) is 9.97 Å². The first-order chi connectivity index (χ1) is 7.95. The second-order valence-corrected chi connectivity index (χ2v) is 3.49. The molecular weight excluding hydrogens is 200 g/mol. The van der Waals surface area contributed by atoms with Crippen LogP contribution in [0.2, 0.25) is 0 Å². The van der Waals surface area contributed by atoms with Gasteiger partial charge in [-0.15, -0.1) is 0 Å². The van der Waals surface area contributed by atoms with E-state index in [0.717, 1.165) is 25.2 Å². The van der Waals surface area contributed by atoms with Gasteiger partial charge in [0.1, 0.15) is 6.33 Å². The molecule has 0 aliphatic rings. The van der Waals surface area contributed by atoms with Gasteiger partial charge in [0.15, 0.2) is 0 Å². The minimum absolute atomic E-state index is 0.781. The molecule has 0 saturated carbocycles. The highest BCUT2D eigenvalue weighted by Gasteiger charge is 1.94. The van der Waals surface area contributed by atoms with Crippen LogP contribution in [0.25, 0.3) is 0 Å². The molecule has 2 rings (SSSR count). The van der Waals surface area contributed by atoms with Crippen molar-refractivity contribution in [3.63, 3.8) is 0 Å². The molecule has 82 valence electrons. The standard InChI is InChI=1S/C12H14N4/c1-2-11(8-13-5-1)3-6-14-9-12-4-7-15-10-16-12/h1-2,4-5,7-8,10,14H,3,6,9H2. The molecule has 0 unspecified atom stereocenters. The zero-order valence-corrected chi connectivity index (χ0v) is 9.00. The van der Waals surface area contributed by atoms with E-state index in [2.05, 4.69) is 26.3 Å². The second-order valence-electron chi connectivity index (χ2n) is 3.49. The topological polar surface area (TPSA) is 50.7 Å². The minimum atomic E-state index is 0.781. The number of hydrogen-bond acceptors (Lipinski definition) is 4. The van der Waals surface area contributed by atoms with Gasteiger partial charge < -0.3 is 5.32 Å².